The number of nitrogens with zero attached hydrogens (tertiary/aromatic N) is 1. The average Bonchev–Trinajstić information content (AvgIpc) is 2.64. The number of nitrogens with one attached hydrogen (secondary N) is 1. The summed E-state index contributed by atoms with van der Waals surface area (Å²) >= 11 is 0. The summed E-state index contributed by atoms with van der Waals surface area (Å²) in [5.41, 5.74) is 5.95. The van der Waals surface area contributed by atoms with E-state index in [9.17, 15) is 14.4 Å². The zero-order chi connectivity index (χ0) is 13.1. The first kappa shape index (κ1) is 15.1. The number of hydrogen-bond acceptors (Lipinski definition) is 4. The summed E-state index contributed by atoms with van der Waals surface area (Å²) in [6.45, 7) is 0.252. The van der Waals surface area contributed by atoms with E-state index in [2.05, 4.69) is 5.32 Å². The molecule has 2 rings (SSSR count). The summed E-state index contributed by atoms with van der Waals surface area (Å²) in [5.74, 6) is -0.957. The Hall–Kier alpha value is -1.92. The third-order valence-corrected chi connectivity index (χ3v) is 2.72. The van der Waals surface area contributed by atoms with E-state index in [-0.39, 0.29) is 49.8 Å². The van der Waals surface area contributed by atoms with Crippen LogP contribution in [0.1, 0.15) is 20.7 Å². The molecule has 0 atom stereocenters. The van der Waals surface area contributed by atoms with E-state index in [1.807, 2.05) is 0 Å². The molecule has 0 saturated heterocycles. The molecule has 19 heavy (non-hydrogen) atoms. The Bertz CT molecular complexity index is 484. The normalized spacial score (nSPS) is 13.0. The van der Waals surface area contributed by atoms with Gasteiger partial charge in [-0.05, 0) is 12.1 Å². The van der Waals surface area contributed by atoms with Crippen LogP contribution in [0.5, 0.6) is 0 Å². The molecule has 7 heteroatoms. The monoisotopic (exact) mass is 283 g/mol. The maximum absolute atomic E-state index is 11.9. The molecule has 0 aromatic heterocycles. The van der Waals surface area contributed by atoms with Crippen molar-refractivity contribution >= 4 is 30.1 Å². The molecule has 1 aromatic carbocycles. The standard InChI is InChI=1S/C12H13N3O3.ClH/c13-7-10(16)14-5-6-15-11(17)8-3-1-2-4-9(8)12(15)18;/h1-4H,5-7,13H2,(H,14,16);1H. The number of rotatable bonds is 4. The van der Waals surface area contributed by atoms with Gasteiger partial charge in [-0.2, -0.15) is 0 Å². The fourth-order valence-electron chi connectivity index (χ4n) is 1.82. The van der Waals surface area contributed by atoms with Crippen LogP contribution in [0.2, 0.25) is 0 Å². The highest BCUT2D eigenvalue weighted by molar-refractivity contribution is 6.21. The first-order chi connectivity index (χ1) is 8.65. The maximum atomic E-state index is 11.9. The molecule has 0 unspecified atom stereocenters. The Morgan fingerprint density at radius 2 is 1.68 bits per heavy atom. The number of fused-ring (bicyclic) bond motifs is 1. The molecule has 3 amide bonds. The maximum Gasteiger partial charge on any atom is 0.261 e. The lowest BCUT2D eigenvalue weighted by Gasteiger charge is -2.13. The lowest BCUT2D eigenvalue weighted by Crippen LogP contribution is -2.39. The van der Waals surface area contributed by atoms with E-state index in [1.54, 1.807) is 24.3 Å². The third kappa shape index (κ3) is 2.91. The Morgan fingerprint density at radius 1 is 1.16 bits per heavy atom. The van der Waals surface area contributed by atoms with Gasteiger partial charge in [-0.3, -0.25) is 19.3 Å². The fourth-order valence-corrected chi connectivity index (χ4v) is 1.82. The van der Waals surface area contributed by atoms with Crippen molar-refractivity contribution < 1.29 is 14.4 Å². The van der Waals surface area contributed by atoms with Gasteiger partial charge in [0.05, 0.1) is 17.7 Å². The number of carbonyl (C=O) groups is 3. The van der Waals surface area contributed by atoms with E-state index < -0.39 is 0 Å². The highest BCUT2D eigenvalue weighted by Gasteiger charge is 2.34. The predicted octanol–water partition coefficient (Wildman–Crippen LogP) is -0.221. The topological polar surface area (TPSA) is 92.5 Å². The van der Waals surface area contributed by atoms with Gasteiger partial charge in [0, 0.05) is 13.1 Å². The summed E-state index contributed by atoms with van der Waals surface area (Å²) in [6.07, 6.45) is 0. The summed E-state index contributed by atoms with van der Waals surface area (Å²) in [4.78, 5) is 35.9. The molecule has 0 fully saturated rings. The average molecular weight is 284 g/mol. The van der Waals surface area contributed by atoms with E-state index in [1.165, 1.54) is 0 Å². The molecule has 0 aliphatic carbocycles. The smallest absolute Gasteiger partial charge is 0.261 e. The number of benzene rings is 1. The van der Waals surface area contributed by atoms with E-state index in [4.69, 9.17) is 5.73 Å². The highest BCUT2D eigenvalue weighted by atomic mass is 35.5. The minimum atomic E-state index is -0.322. The van der Waals surface area contributed by atoms with Gasteiger partial charge in [0.15, 0.2) is 0 Å². The predicted molar refractivity (Wildman–Crippen MR) is 71.1 cm³/mol. The minimum absolute atomic E-state index is 0. The Labute approximate surface area is 116 Å². The van der Waals surface area contributed by atoms with Crippen molar-refractivity contribution in [3.05, 3.63) is 35.4 Å². The molecular weight excluding hydrogens is 270 g/mol. The van der Waals surface area contributed by atoms with Gasteiger partial charge in [0.25, 0.3) is 11.8 Å². The molecule has 0 bridgehead atoms. The lowest BCUT2D eigenvalue weighted by molar-refractivity contribution is -0.119. The first-order valence-corrected chi connectivity index (χ1v) is 5.57. The molecule has 1 heterocycles. The van der Waals surface area contributed by atoms with Crippen molar-refractivity contribution in [2.45, 2.75) is 0 Å². The molecule has 0 radical (unpaired) electrons. The number of halogens is 1. The van der Waals surface area contributed by atoms with Crippen LogP contribution in [0.25, 0.3) is 0 Å². The van der Waals surface area contributed by atoms with Crippen LogP contribution < -0.4 is 11.1 Å². The molecule has 6 nitrogen and oxygen atoms in total. The van der Waals surface area contributed by atoms with Crippen LogP contribution in [0.3, 0.4) is 0 Å². The van der Waals surface area contributed by atoms with Gasteiger partial charge in [0.2, 0.25) is 5.91 Å². The molecule has 0 saturated carbocycles. The van der Waals surface area contributed by atoms with Crippen LogP contribution in [0.4, 0.5) is 0 Å². The second kappa shape index (κ2) is 6.31. The molecule has 1 aliphatic rings. The number of nitrogens with two attached hydrogens (primary N) is 1. The Kier molecular flexibility index (Phi) is 5.02. The van der Waals surface area contributed by atoms with Crippen LogP contribution in [0, 0.1) is 0 Å². The zero-order valence-corrected chi connectivity index (χ0v) is 10.9. The first-order valence-electron chi connectivity index (χ1n) is 5.57. The summed E-state index contributed by atoms with van der Waals surface area (Å²) in [5, 5.41) is 2.52. The lowest BCUT2D eigenvalue weighted by atomic mass is 10.1. The number of hydrogen-bond donors (Lipinski definition) is 2. The Balaban J connectivity index is 0.00000180. The van der Waals surface area contributed by atoms with E-state index in [0.717, 1.165) is 4.90 Å². The van der Waals surface area contributed by atoms with Crippen LogP contribution >= 0.6 is 12.4 Å². The van der Waals surface area contributed by atoms with Crippen LogP contribution in [0.15, 0.2) is 24.3 Å². The van der Waals surface area contributed by atoms with Gasteiger partial charge >= 0.3 is 0 Å². The molecular formula is C12H14ClN3O3. The molecule has 1 aliphatic heterocycles. The van der Waals surface area contributed by atoms with Crippen LogP contribution in [-0.2, 0) is 4.79 Å². The second-order valence-electron chi connectivity index (χ2n) is 3.86. The minimum Gasteiger partial charge on any atom is -0.353 e. The van der Waals surface area contributed by atoms with Crippen molar-refractivity contribution in [2.24, 2.45) is 5.73 Å². The van der Waals surface area contributed by atoms with Crippen molar-refractivity contribution in [2.75, 3.05) is 19.6 Å². The van der Waals surface area contributed by atoms with Gasteiger partial charge in [0.1, 0.15) is 0 Å². The van der Waals surface area contributed by atoms with Gasteiger partial charge in [-0.15, -0.1) is 12.4 Å². The van der Waals surface area contributed by atoms with Gasteiger partial charge in [-0.25, -0.2) is 0 Å². The van der Waals surface area contributed by atoms with Crippen molar-refractivity contribution in [3.8, 4) is 0 Å². The van der Waals surface area contributed by atoms with Crippen molar-refractivity contribution in [1.82, 2.24) is 10.2 Å². The van der Waals surface area contributed by atoms with Crippen LogP contribution in [-0.4, -0.2) is 42.3 Å². The second-order valence-corrected chi connectivity index (χ2v) is 3.86. The van der Waals surface area contributed by atoms with Gasteiger partial charge in [-0.1, -0.05) is 12.1 Å². The van der Waals surface area contributed by atoms with Crippen molar-refractivity contribution in [1.29, 1.82) is 0 Å². The quantitative estimate of drug-likeness (QED) is 0.747. The molecule has 3 N–H and O–H groups in total. The van der Waals surface area contributed by atoms with E-state index >= 15 is 0 Å². The number of amides is 3. The molecule has 102 valence electrons. The SMILES string of the molecule is Cl.NCC(=O)NCCN1C(=O)c2ccccc2C1=O. The number of carbonyl (C=O) groups excluding carboxylic acids is 3. The Morgan fingerprint density at radius 3 is 2.16 bits per heavy atom. The summed E-state index contributed by atoms with van der Waals surface area (Å²) in [6, 6.07) is 6.66. The summed E-state index contributed by atoms with van der Waals surface area (Å²) < 4.78 is 0. The zero-order valence-electron chi connectivity index (χ0n) is 10.1. The fraction of sp³-hybridized carbons (Fsp3) is 0.250. The summed E-state index contributed by atoms with van der Waals surface area (Å²) in [7, 11) is 0. The largest absolute Gasteiger partial charge is 0.353 e. The molecule has 1 aromatic rings. The number of imide groups is 1. The third-order valence-electron chi connectivity index (χ3n) is 2.72. The van der Waals surface area contributed by atoms with Crippen molar-refractivity contribution in [3.63, 3.8) is 0 Å². The molecule has 0 spiro atoms. The highest BCUT2D eigenvalue weighted by Crippen LogP contribution is 2.21. The van der Waals surface area contributed by atoms with E-state index in [0.29, 0.717) is 11.1 Å². The van der Waals surface area contributed by atoms with Gasteiger partial charge < -0.3 is 11.1 Å².